The Morgan fingerprint density at radius 3 is 2.48 bits per heavy atom. The first-order valence-corrected chi connectivity index (χ1v) is 8.30. The molecule has 0 radical (unpaired) electrons. The molecule has 0 saturated carbocycles. The molecule has 1 aromatic carbocycles. The van der Waals surface area contributed by atoms with Gasteiger partial charge in [-0.15, -0.1) is 0 Å². The minimum atomic E-state index is 0.190. The second kappa shape index (κ2) is 8.61. The molecular weight excluding hydrogens is 256 g/mol. The molecule has 1 unspecified atom stereocenters. The summed E-state index contributed by atoms with van der Waals surface area (Å²) in [4.78, 5) is 12.0. The lowest BCUT2D eigenvalue weighted by Crippen LogP contribution is -2.03. The Balaban J connectivity index is 1.85. The summed E-state index contributed by atoms with van der Waals surface area (Å²) in [5, 5.41) is 0. The summed E-state index contributed by atoms with van der Waals surface area (Å²) < 4.78 is 0. The first-order chi connectivity index (χ1) is 10.3. The van der Waals surface area contributed by atoms with Crippen LogP contribution in [0.3, 0.4) is 0 Å². The van der Waals surface area contributed by atoms with Crippen molar-refractivity contribution in [2.45, 2.75) is 51.9 Å². The van der Waals surface area contributed by atoms with Gasteiger partial charge in [0.05, 0.1) is 0 Å². The van der Waals surface area contributed by atoms with Gasteiger partial charge in [-0.2, -0.15) is 0 Å². The van der Waals surface area contributed by atoms with E-state index in [0.717, 1.165) is 17.6 Å². The van der Waals surface area contributed by atoms with Crippen LogP contribution < -0.4 is 0 Å². The zero-order valence-electron chi connectivity index (χ0n) is 13.1. The molecule has 1 aliphatic carbocycles. The van der Waals surface area contributed by atoms with E-state index in [9.17, 15) is 4.79 Å². The molecule has 0 saturated heterocycles. The fraction of sp³-hybridized carbons (Fsp3) is 0.450. The molecule has 0 aromatic heterocycles. The molecule has 2 rings (SSSR count). The topological polar surface area (TPSA) is 17.1 Å². The second-order valence-electron chi connectivity index (χ2n) is 5.90. The van der Waals surface area contributed by atoms with Gasteiger partial charge in [0.15, 0.2) is 5.78 Å². The number of ketones is 1. The Morgan fingerprint density at radius 1 is 1.00 bits per heavy atom. The van der Waals surface area contributed by atoms with Crippen molar-refractivity contribution in [2.24, 2.45) is 5.92 Å². The molecule has 0 aliphatic heterocycles. The number of carbonyl (C=O) groups excluding carboxylic acids is 1. The molecular formula is C20H26O. The van der Waals surface area contributed by atoms with Gasteiger partial charge in [-0.1, -0.05) is 81.9 Å². The fourth-order valence-corrected chi connectivity index (χ4v) is 2.89. The van der Waals surface area contributed by atoms with Crippen molar-refractivity contribution >= 4 is 11.9 Å². The summed E-state index contributed by atoms with van der Waals surface area (Å²) in [5.74, 6) is 0.513. The Hall–Kier alpha value is -1.63. The molecule has 0 bridgehead atoms. The van der Waals surface area contributed by atoms with Crippen LogP contribution in [-0.2, 0) is 4.79 Å². The van der Waals surface area contributed by atoms with Crippen LogP contribution in [0.1, 0.15) is 57.4 Å². The Bertz CT molecular complexity index is 496. The zero-order valence-corrected chi connectivity index (χ0v) is 13.1. The molecule has 1 heteroatoms. The van der Waals surface area contributed by atoms with Crippen LogP contribution in [0.5, 0.6) is 0 Å². The second-order valence-corrected chi connectivity index (χ2v) is 5.90. The van der Waals surface area contributed by atoms with Crippen molar-refractivity contribution in [1.82, 2.24) is 0 Å². The summed E-state index contributed by atoms with van der Waals surface area (Å²) >= 11 is 0. The van der Waals surface area contributed by atoms with Crippen LogP contribution in [-0.4, -0.2) is 5.78 Å². The van der Waals surface area contributed by atoms with E-state index in [-0.39, 0.29) is 5.78 Å². The first-order valence-electron chi connectivity index (χ1n) is 8.30. The minimum Gasteiger partial charge on any atom is -0.290 e. The molecule has 0 heterocycles. The molecule has 21 heavy (non-hydrogen) atoms. The zero-order chi connectivity index (χ0) is 14.9. The SMILES string of the molecule is CCCCCCCCC1C=CC(=O)/C1=C/c1ccccc1. The summed E-state index contributed by atoms with van der Waals surface area (Å²) in [6.07, 6.45) is 14.8. The maximum atomic E-state index is 12.0. The summed E-state index contributed by atoms with van der Waals surface area (Å²) in [6, 6.07) is 10.1. The van der Waals surface area contributed by atoms with Crippen molar-refractivity contribution in [3.05, 3.63) is 53.6 Å². The van der Waals surface area contributed by atoms with Gasteiger partial charge in [-0.25, -0.2) is 0 Å². The van der Waals surface area contributed by atoms with E-state index >= 15 is 0 Å². The van der Waals surface area contributed by atoms with Gasteiger partial charge in [0, 0.05) is 11.5 Å². The van der Waals surface area contributed by atoms with E-state index in [2.05, 4.69) is 31.2 Å². The predicted molar refractivity (Wildman–Crippen MR) is 90.0 cm³/mol. The van der Waals surface area contributed by atoms with Crippen LogP contribution in [0.4, 0.5) is 0 Å². The van der Waals surface area contributed by atoms with Gasteiger partial charge in [-0.3, -0.25) is 4.79 Å². The monoisotopic (exact) mass is 282 g/mol. The largest absolute Gasteiger partial charge is 0.290 e. The van der Waals surface area contributed by atoms with Crippen molar-refractivity contribution in [3.63, 3.8) is 0 Å². The van der Waals surface area contributed by atoms with E-state index in [1.807, 2.05) is 18.2 Å². The van der Waals surface area contributed by atoms with Crippen molar-refractivity contribution < 1.29 is 4.79 Å². The molecule has 1 nitrogen and oxygen atoms in total. The summed E-state index contributed by atoms with van der Waals surface area (Å²) in [5.41, 5.74) is 2.09. The predicted octanol–water partition coefficient (Wildman–Crippen LogP) is 5.58. The number of carbonyl (C=O) groups is 1. The highest BCUT2D eigenvalue weighted by Crippen LogP contribution is 2.28. The van der Waals surface area contributed by atoms with Crippen LogP contribution in [0.15, 0.2) is 48.1 Å². The quantitative estimate of drug-likeness (QED) is 0.449. The third-order valence-corrected chi connectivity index (χ3v) is 4.15. The lowest BCUT2D eigenvalue weighted by molar-refractivity contribution is -0.111. The van der Waals surface area contributed by atoms with Crippen LogP contribution in [0, 0.1) is 5.92 Å². The average Bonchev–Trinajstić information content (AvgIpc) is 2.85. The lowest BCUT2D eigenvalue weighted by Gasteiger charge is -2.10. The average molecular weight is 282 g/mol. The number of hydrogen-bond donors (Lipinski definition) is 0. The molecule has 0 fully saturated rings. The van der Waals surface area contributed by atoms with Gasteiger partial charge in [0.25, 0.3) is 0 Å². The number of benzene rings is 1. The third-order valence-electron chi connectivity index (χ3n) is 4.15. The number of unbranched alkanes of at least 4 members (excludes halogenated alkanes) is 5. The maximum absolute atomic E-state index is 12.0. The van der Waals surface area contributed by atoms with Crippen LogP contribution in [0.2, 0.25) is 0 Å². The van der Waals surface area contributed by atoms with Gasteiger partial charge in [0.2, 0.25) is 0 Å². The Labute approximate surface area is 128 Å². The normalized spacial score (nSPS) is 19.6. The standard InChI is InChI=1S/C20H26O/c1-2-3-4-5-6-10-13-18-14-15-20(21)19(18)16-17-11-8-7-9-12-17/h7-9,11-12,14-16,18H,2-6,10,13H2,1H3/b19-16+. The number of rotatable bonds is 8. The number of allylic oxidation sites excluding steroid dienone is 3. The molecule has 1 aliphatic rings. The summed E-state index contributed by atoms with van der Waals surface area (Å²) in [6.45, 7) is 2.25. The smallest absolute Gasteiger partial charge is 0.182 e. The number of hydrogen-bond acceptors (Lipinski definition) is 1. The molecule has 1 aromatic rings. The van der Waals surface area contributed by atoms with E-state index < -0.39 is 0 Å². The van der Waals surface area contributed by atoms with Gasteiger partial charge >= 0.3 is 0 Å². The van der Waals surface area contributed by atoms with E-state index in [1.165, 1.54) is 38.5 Å². The highest BCUT2D eigenvalue weighted by molar-refractivity contribution is 6.10. The van der Waals surface area contributed by atoms with Gasteiger partial charge < -0.3 is 0 Å². The molecule has 0 amide bonds. The van der Waals surface area contributed by atoms with Crippen molar-refractivity contribution in [2.75, 3.05) is 0 Å². The van der Waals surface area contributed by atoms with Gasteiger partial charge in [0.1, 0.15) is 0 Å². The third kappa shape index (κ3) is 5.00. The highest BCUT2D eigenvalue weighted by atomic mass is 16.1. The van der Waals surface area contributed by atoms with E-state index in [1.54, 1.807) is 6.08 Å². The van der Waals surface area contributed by atoms with Crippen molar-refractivity contribution in [3.8, 4) is 0 Å². The fourth-order valence-electron chi connectivity index (χ4n) is 2.89. The van der Waals surface area contributed by atoms with Crippen molar-refractivity contribution in [1.29, 1.82) is 0 Å². The molecule has 0 N–H and O–H groups in total. The Morgan fingerprint density at radius 2 is 1.71 bits per heavy atom. The van der Waals surface area contributed by atoms with Crippen LogP contribution >= 0.6 is 0 Å². The lowest BCUT2D eigenvalue weighted by atomic mass is 9.93. The summed E-state index contributed by atoms with van der Waals surface area (Å²) in [7, 11) is 0. The highest BCUT2D eigenvalue weighted by Gasteiger charge is 2.22. The minimum absolute atomic E-state index is 0.190. The van der Waals surface area contributed by atoms with E-state index in [0.29, 0.717) is 5.92 Å². The van der Waals surface area contributed by atoms with E-state index in [4.69, 9.17) is 0 Å². The van der Waals surface area contributed by atoms with Crippen LogP contribution in [0.25, 0.3) is 6.08 Å². The maximum Gasteiger partial charge on any atom is 0.182 e. The first kappa shape index (κ1) is 15.8. The Kier molecular flexibility index (Phi) is 6.46. The molecule has 1 atom stereocenters. The molecule has 0 spiro atoms. The van der Waals surface area contributed by atoms with Gasteiger partial charge in [-0.05, 0) is 24.1 Å². The molecule has 112 valence electrons.